The van der Waals surface area contributed by atoms with Gasteiger partial charge < -0.3 is 4.90 Å². The fourth-order valence-corrected chi connectivity index (χ4v) is 2.70. The molecule has 1 aromatic rings. The number of hydrogen-bond donors (Lipinski definition) is 0. The minimum Gasteiger partial charge on any atom is -0.371 e. The van der Waals surface area contributed by atoms with Crippen LogP contribution in [-0.4, -0.2) is 13.1 Å². The highest BCUT2D eigenvalue weighted by Crippen LogP contribution is 2.27. The van der Waals surface area contributed by atoms with Crippen molar-refractivity contribution in [3.8, 4) is 6.07 Å². The first-order chi connectivity index (χ1) is 8.24. The van der Waals surface area contributed by atoms with E-state index in [0.717, 1.165) is 18.0 Å². The van der Waals surface area contributed by atoms with E-state index in [1.165, 1.54) is 37.1 Å². The Morgan fingerprint density at radius 1 is 1.47 bits per heavy atom. The second-order valence-electron chi connectivity index (χ2n) is 4.98. The lowest BCUT2D eigenvalue weighted by Crippen LogP contribution is -2.35. The van der Waals surface area contributed by atoms with E-state index in [4.69, 9.17) is 5.26 Å². The molecule has 17 heavy (non-hydrogen) atoms. The van der Waals surface area contributed by atoms with Gasteiger partial charge in [0.1, 0.15) is 0 Å². The lowest BCUT2D eigenvalue weighted by atomic mass is 9.94. The Balaban J connectivity index is 2.19. The zero-order valence-electron chi connectivity index (χ0n) is 10.7. The topological polar surface area (TPSA) is 27.0 Å². The molecule has 1 aliphatic heterocycles. The van der Waals surface area contributed by atoms with Crippen LogP contribution in [0.4, 0.5) is 5.69 Å². The molecule has 2 rings (SSSR count). The Labute approximate surface area is 104 Å². The predicted octanol–water partition coefficient (Wildman–Crippen LogP) is 3.49. The molecule has 0 spiro atoms. The van der Waals surface area contributed by atoms with E-state index in [2.05, 4.69) is 30.9 Å². The molecule has 0 aromatic heterocycles. The SMILES string of the molecule is CCC1CCCN(c2ccc(C#N)cc2C)C1. The first-order valence-electron chi connectivity index (χ1n) is 6.50. The Kier molecular flexibility index (Phi) is 3.68. The van der Waals surface area contributed by atoms with Crippen molar-refractivity contribution in [2.45, 2.75) is 33.1 Å². The minimum atomic E-state index is 0.760. The molecule has 2 nitrogen and oxygen atoms in total. The lowest BCUT2D eigenvalue weighted by Gasteiger charge is -2.35. The van der Waals surface area contributed by atoms with Crippen molar-refractivity contribution < 1.29 is 0 Å². The summed E-state index contributed by atoms with van der Waals surface area (Å²) >= 11 is 0. The summed E-state index contributed by atoms with van der Waals surface area (Å²) in [6.45, 7) is 6.71. The van der Waals surface area contributed by atoms with Crippen LogP contribution in [0.5, 0.6) is 0 Å². The molecule has 0 N–H and O–H groups in total. The number of hydrogen-bond acceptors (Lipinski definition) is 2. The van der Waals surface area contributed by atoms with Crippen LogP contribution < -0.4 is 4.90 Å². The van der Waals surface area contributed by atoms with Gasteiger partial charge in [0.2, 0.25) is 0 Å². The molecule has 0 saturated carbocycles. The molecule has 1 aliphatic rings. The fourth-order valence-electron chi connectivity index (χ4n) is 2.70. The summed E-state index contributed by atoms with van der Waals surface area (Å²) in [7, 11) is 0. The number of piperidine rings is 1. The van der Waals surface area contributed by atoms with Crippen LogP contribution >= 0.6 is 0 Å². The molecule has 1 saturated heterocycles. The van der Waals surface area contributed by atoms with Gasteiger partial charge >= 0.3 is 0 Å². The maximum absolute atomic E-state index is 8.88. The van der Waals surface area contributed by atoms with Crippen LogP contribution in [0.2, 0.25) is 0 Å². The van der Waals surface area contributed by atoms with Gasteiger partial charge in [0.25, 0.3) is 0 Å². The predicted molar refractivity (Wildman–Crippen MR) is 71.1 cm³/mol. The van der Waals surface area contributed by atoms with Gasteiger partial charge in [-0.15, -0.1) is 0 Å². The minimum absolute atomic E-state index is 0.760. The van der Waals surface area contributed by atoms with Crippen LogP contribution in [0.25, 0.3) is 0 Å². The van der Waals surface area contributed by atoms with Gasteiger partial charge in [-0.05, 0) is 49.4 Å². The summed E-state index contributed by atoms with van der Waals surface area (Å²) in [5, 5.41) is 8.88. The molecular weight excluding hydrogens is 208 g/mol. The van der Waals surface area contributed by atoms with Gasteiger partial charge in [-0.25, -0.2) is 0 Å². The van der Waals surface area contributed by atoms with Crippen molar-refractivity contribution in [1.82, 2.24) is 0 Å². The highest BCUT2D eigenvalue weighted by Gasteiger charge is 2.19. The van der Waals surface area contributed by atoms with Crippen molar-refractivity contribution in [2.24, 2.45) is 5.92 Å². The molecule has 90 valence electrons. The first-order valence-corrected chi connectivity index (χ1v) is 6.50. The number of benzene rings is 1. The zero-order chi connectivity index (χ0) is 12.3. The normalized spacial score (nSPS) is 20.1. The van der Waals surface area contributed by atoms with Crippen LogP contribution in [0.3, 0.4) is 0 Å². The van der Waals surface area contributed by atoms with E-state index in [0.29, 0.717) is 0 Å². The van der Waals surface area contributed by atoms with Gasteiger partial charge in [-0.2, -0.15) is 5.26 Å². The Hall–Kier alpha value is -1.49. The third-order valence-corrected chi connectivity index (χ3v) is 3.76. The van der Waals surface area contributed by atoms with Crippen LogP contribution in [-0.2, 0) is 0 Å². The molecule has 1 fully saturated rings. The number of anilines is 1. The highest BCUT2D eigenvalue weighted by molar-refractivity contribution is 5.56. The Bertz CT molecular complexity index is 431. The summed E-state index contributed by atoms with van der Waals surface area (Å²) in [6.07, 6.45) is 3.92. The second-order valence-corrected chi connectivity index (χ2v) is 4.98. The average Bonchev–Trinajstić information content (AvgIpc) is 2.38. The molecule has 1 unspecified atom stereocenters. The van der Waals surface area contributed by atoms with E-state index in [9.17, 15) is 0 Å². The monoisotopic (exact) mass is 228 g/mol. The first kappa shape index (κ1) is 12.0. The molecule has 1 atom stereocenters. The molecule has 0 radical (unpaired) electrons. The Morgan fingerprint density at radius 3 is 2.94 bits per heavy atom. The quantitative estimate of drug-likeness (QED) is 0.774. The van der Waals surface area contributed by atoms with Gasteiger partial charge in [0.05, 0.1) is 11.6 Å². The summed E-state index contributed by atoms with van der Waals surface area (Å²) < 4.78 is 0. The smallest absolute Gasteiger partial charge is 0.0991 e. The Morgan fingerprint density at radius 2 is 2.29 bits per heavy atom. The zero-order valence-corrected chi connectivity index (χ0v) is 10.7. The molecule has 2 heteroatoms. The van der Waals surface area contributed by atoms with Gasteiger partial charge in [-0.1, -0.05) is 13.3 Å². The molecule has 0 amide bonds. The van der Waals surface area contributed by atoms with E-state index in [-0.39, 0.29) is 0 Å². The number of nitriles is 1. The standard InChI is InChI=1S/C15H20N2/c1-3-13-5-4-8-17(11-13)15-7-6-14(10-16)9-12(15)2/h6-7,9,13H,3-5,8,11H2,1-2H3. The highest BCUT2D eigenvalue weighted by atomic mass is 15.1. The van der Waals surface area contributed by atoms with Crippen LogP contribution in [0.15, 0.2) is 18.2 Å². The number of aryl methyl sites for hydroxylation is 1. The van der Waals surface area contributed by atoms with Crippen molar-refractivity contribution in [2.75, 3.05) is 18.0 Å². The van der Waals surface area contributed by atoms with Gasteiger partial charge in [0.15, 0.2) is 0 Å². The third-order valence-electron chi connectivity index (χ3n) is 3.76. The van der Waals surface area contributed by atoms with Gasteiger partial charge in [0, 0.05) is 18.8 Å². The molecule has 1 aromatic carbocycles. The van der Waals surface area contributed by atoms with Crippen LogP contribution in [0, 0.1) is 24.2 Å². The maximum Gasteiger partial charge on any atom is 0.0991 e. The van der Waals surface area contributed by atoms with E-state index in [1.54, 1.807) is 0 Å². The van der Waals surface area contributed by atoms with Gasteiger partial charge in [-0.3, -0.25) is 0 Å². The van der Waals surface area contributed by atoms with Crippen LogP contribution in [0.1, 0.15) is 37.3 Å². The van der Waals surface area contributed by atoms with Crippen molar-refractivity contribution in [1.29, 1.82) is 5.26 Å². The van der Waals surface area contributed by atoms with E-state index >= 15 is 0 Å². The average molecular weight is 228 g/mol. The molecular formula is C15H20N2. The van der Waals surface area contributed by atoms with Crippen molar-refractivity contribution >= 4 is 5.69 Å². The number of nitrogens with zero attached hydrogens (tertiary/aromatic N) is 2. The molecule has 0 aliphatic carbocycles. The number of rotatable bonds is 2. The summed E-state index contributed by atoms with van der Waals surface area (Å²) in [5.74, 6) is 0.832. The largest absolute Gasteiger partial charge is 0.371 e. The van der Waals surface area contributed by atoms with Crippen molar-refractivity contribution in [3.63, 3.8) is 0 Å². The van der Waals surface area contributed by atoms with Crippen molar-refractivity contribution in [3.05, 3.63) is 29.3 Å². The lowest BCUT2D eigenvalue weighted by molar-refractivity contribution is 0.404. The fraction of sp³-hybridized carbons (Fsp3) is 0.533. The summed E-state index contributed by atoms with van der Waals surface area (Å²) in [4.78, 5) is 2.48. The second kappa shape index (κ2) is 5.23. The van der Waals surface area contributed by atoms with E-state index < -0.39 is 0 Å². The molecule has 1 heterocycles. The molecule has 0 bridgehead atoms. The third kappa shape index (κ3) is 2.61. The van der Waals surface area contributed by atoms with E-state index in [1.807, 2.05) is 12.1 Å². The summed E-state index contributed by atoms with van der Waals surface area (Å²) in [6, 6.07) is 8.22. The summed E-state index contributed by atoms with van der Waals surface area (Å²) in [5.41, 5.74) is 3.29. The maximum atomic E-state index is 8.88.